The quantitative estimate of drug-likeness (QED) is 0.569. The summed E-state index contributed by atoms with van der Waals surface area (Å²) in [7, 11) is 0. The monoisotopic (exact) mass is 289 g/mol. The van der Waals surface area contributed by atoms with Gasteiger partial charge < -0.3 is 0 Å². The molecule has 0 aliphatic carbocycles. The smallest absolute Gasteiger partial charge is 0.141 e. The number of aromatic nitrogens is 5. The van der Waals surface area contributed by atoms with Crippen LogP contribution < -0.4 is 0 Å². The fraction of sp³-hybridized carbons (Fsp3) is 0.118. The molecule has 22 heavy (non-hydrogen) atoms. The molecule has 0 saturated carbocycles. The fourth-order valence-corrected chi connectivity index (χ4v) is 2.72. The normalized spacial score (nSPS) is 11.2. The second-order valence-electron chi connectivity index (χ2n) is 5.40. The lowest BCUT2D eigenvalue weighted by molar-refractivity contribution is 0.954. The average molecular weight is 289 g/mol. The zero-order chi connectivity index (χ0) is 15.1. The number of hydrogen-bond acceptors (Lipinski definition) is 3. The highest BCUT2D eigenvalue weighted by Gasteiger charge is 2.11. The minimum absolute atomic E-state index is 0.776. The van der Waals surface area contributed by atoms with Crippen LogP contribution in [-0.4, -0.2) is 24.4 Å². The SMILES string of the molecule is Cc1ccc(-n2ccn3nc(-c4cccnn4)cc23)c(C)c1. The molecule has 0 aliphatic rings. The topological polar surface area (TPSA) is 48.0 Å². The van der Waals surface area contributed by atoms with Crippen molar-refractivity contribution in [3.05, 3.63) is 66.1 Å². The van der Waals surface area contributed by atoms with Crippen LogP contribution in [0.3, 0.4) is 0 Å². The van der Waals surface area contributed by atoms with Gasteiger partial charge in [0.2, 0.25) is 0 Å². The summed E-state index contributed by atoms with van der Waals surface area (Å²) >= 11 is 0. The van der Waals surface area contributed by atoms with Crippen LogP contribution in [0.25, 0.3) is 22.7 Å². The van der Waals surface area contributed by atoms with Crippen LogP contribution in [-0.2, 0) is 0 Å². The van der Waals surface area contributed by atoms with Crippen LogP contribution in [0, 0.1) is 13.8 Å². The van der Waals surface area contributed by atoms with Crippen LogP contribution in [0.15, 0.2) is 55.0 Å². The molecular weight excluding hydrogens is 274 g/mol. The van der Waals surface area contributed by atoms with Crippen molar-refractivity contribution in [1.29, 1.82) is 0 Å². The van der Waals surface area contributed by atoms with E-state index in [2.05, 4.69) is 51.9 Å². The molecule has 0 bridgehead atoms. The van der Waals surface area contributed by atoms with E-state index in [1.165, 1.54) is 11.1 Å². The van der Waals surface area contributed by atoms with E-state index >= 15 is 0 Å². The molecule has 5 nitrogen and oxygen atoms in total. The van der Waals surface area contributed by atoms with Crippen molar-refractivity contribution >= 4 is 5.65 Å². The second-order valence-corrected chi connectivity index (χ2v) is 5.40. The Balaban J connectivity index is 1.88. The predicted octanol–water partition coefficient (Wildman–Crippen LogP) is 3.20. The Kier molecular flexibility index (Phi) is 2.79. The first-order valence-corrected chi connectivity index (χ1v) is 7.15. The largest absolute Gasteiger partial charge is 0.300 e. The van der Waals surface area contributed by atoms with E-state index in [4.69, 9.17) is 0 Å². The van der Waals surface area contributed by atoms with Gasteiger partial charge >= 0.3 is 0 Å². The fourth-order valence-electron chi connectivity index (χ4n) is 2.72. The molecule has 0 fully saturated rings. The van der Waals surface area contributed by atoms with Gasteiger partial charge in [-0.25, -0.2) is 4.52 Å². The summed E-state index contributed by atoms with van der Waals surface area (Å²) < 4.78 is 4.00. The number of fused-ring (bicyclic) bond motifs is 1. The van der Waals surface area contributed by atoms with Crippen LogP contribution in [0.1, 0.15) is 11.1 Å². The molecule has 1 aromatic carbocycles. The summed E-state index contributed by atoms with van der Waals surface area (Å²) in [6.07, 6.45) is 5.64. The Morgan fingerprint density at radius 1 is 0.955 bits per heavy atom. The Morgan fingerprint density at radius 2 is 1.86 bits per heavy atom. The van der Waals surface area contributed by atoms with Crippen molar-refractivity contribution in [2.45, 2.75) is 13.8 Å². The molecule has 4 rings (SSSR count). The minimum atomic E-state index is 0.776. The van der Waals surface area contributed by atoms with Crippen molar-refractivity contribution < 1.29 is 0 Å². The van der Waals surface area contributed by atoms with Crippen molar-refractivity contribution in [2.75, 3.05) is 0 Å². The number of rotatable bonds is 2. The molecule has 0 unspecified atom stereocenters. The van der Waals surface area contributed by atoms with Crippen LogP contribution in [0.5, 0.6) is 0 Å². The van der Waals surface area contributed by atoms with E-state index < -0.39 is 0 Å². The first-order chi connectivity index (χ1) is 10.7. The molecule has 0 radical (unpaired) electrons. The van der Waals surface area contributed by atoms with Gasteiger partial charge in [-0.2, -0.15) is 10.2 Å². The van der Waals surface area contributed by atoms with Gasteiger partial charge in [0.25, 0.3) is 0 Å². The molecule has 3 aromatic heterocycles. The van der Waals surface area contributed by atoms with E-state index in [0.29, 0.717) is 0 Å². The maximum atomic E-state index is 4.57. The summed E-state index contributed by atoms with van der Waals surface area (Å²) in [5.41, 5.74) is 6.26. The summed E-state index contributed by atoms with van der Waals surface area (Å²) in [6, 6.07) is 12.3. The zero-order valence-corrected chi connectivity index (χ0v) is 12.4. The third-order valence-electron chi connectivity index (χ3n) is 3.77. The van der Waals surface area contributed by atoms with Crippen molar-refractivity contribution in [3.63, 3.8) is 0 Å². The maximum Gasteiger partial charge on any atom is 0.141 e. The Hall–Kier alpha value is -2.95. The van der Waals surface area contributed by atoms with Gasteiger partial charge in [0.05, 0.1) is 0 Å². The van der Waals surface area contributed by atoms with Crippen molar-refractivity contribution in [2.24, 2.45) is 0 Å². The second kappa shape index (κ2) is 4.80. The number of hydrogen-bond donors (Lipinski definition) is 0. The van der Waals surface area contributed by atoms with Gasteiger partial charge in [0.1, 0.15) is 17.0 Å². The first-order valence-electron chi connectivity index (χ1n) is 7.15. The third-order valence-corrected chi connectivity index (χ3v) is 3.77. The molecule has 0 N–H and O–H groups in total. The van der Waals surface area contributed by atoms with Gasteiger partial charge in [-0.3, -0.25) is 4.57 Å². The van der Waals surface area contributed by atoms with E-state index in [9.17, 15) is 0 Å². The number of aryl methyl sites for hydroxylation is 2. The third kappa shape index (κ3) is 1.98. The summed E-state index contributed by atoms with van der Waals surface area (Å²) in [4.78, 5) is 0. The minimum Gasteiger partial charge on any atom is -0.300 e. The predicted molar refractivity (Wildman–Crippen MR) is 85.0 cm³/mol. The van der Waals surface area contributed by atoms with E-state index in [-0.39, 0.29) is 0 Å². The summed E-state index contributed by atoms with van der Waals surface area (Å²) in [6.45, 7) is 4.23. The first kappa shape index (κ1) is 12.8. The lowest BCUT2D eigenvalue weighted by Gasteiger charge is -2.08. The highest BCUT2D eigenvalue weighted by Crippen LogP contribution is 2.22. The summed E-state index contributed by atoms with van der Waals surface area (Å²) in [5, 5.41) is 12.6. The van der Waals surface area contributed by atoms with E-state index in [0.717, 1.165) is 22.7 Å². The van der Waals surface area contributed by atoms with Crippen LogP contribution >= 0.6 is 0 Å². The molecular formula is C17H15N5. The number of benzene rings is 1. The Morgan fingerprint density at radius 3 is 2.64 bits per heavy atom. The lowest BCUT2D eigenvalue weighted by Crippen LogP contribution is -1.95. The van der Waals surface area contributed by atoms with Gasteiger partial charge in [-0.1, -0.05) is 17.7 Å². The molecule has 108 valence electrons. The van der Waals surface area contributed by atoms with Crippen molar-refractivity contribution in [3.8, 4) is 17.1 Å². The molecule has 0 atom stereocenters. The van der Waals surface area contributed by atoms with Crippen molar-refractivity contribution in [1.82, 2.24) is 24.4 Å². The highest BCUT2D eigenvalue weighted by molar-refractivity contribution is 5.63. The van der Waals surface area contributed by atoms with Gasteiger partial charge in [-0.15, -0.1) is 5.10 Å². The van der Waals surface area contributed by atoms with E-state index in [1.807, 2.05) is 35.1 Å². The average Bonchev–Trinajstić information content (AvgIpc) is 3.09. The Bertz CT molecular complexity index is 950. The molecule has 0 spiro atoms. The molecule has 4 aromatic rings. The molecule has 0 aliphatic heterocycles. The van der Waals surface area contributed by atoms with Crippen LogP contribution in [0.2, 0.25) is 0 Å². The van der Waals surface area contributed by atoms with E-state index in [1.54, 1.807) is 6.20 Å². The molecule has 5 heteroatoms. The molecule has 0 amide bonds. The van der Waals surface area contributed by atoms with Gasteiger partial charge in [-0.05, 0) is 37.6 Å². The molecule has 0 saturated heterocycles. The Labute approximate surface area is 127 Å². The zero-order valence-electron chi connectivity index (χ0n) is 12.4. The standard InChI is InChI=1S/C17H15N5/c1-12-5-6-16(13(2)10-12)21-8-9-22-17(21)11-15(20-22)14-4-3-7-18-19-14/h3-11H,1-2H3. The van der Waals surface area contributed by atoms with Gasteiger partial charge in [0, 0.05) is 30.3 Å². The molecule has 3 heterocycles. The van der Waals surface area contributed by atoms with Gasteiger partial charge in [0.15, 0.2) is 0 Å². The lowest BCUT2D eigenvalue weighted by atomic mass is 10.1. The summed E-state index contributed by atoms with van der Waals surface area (Å²) in [5.74, 6) is 0. The number of nitrogens with zero attached hydrogens (tertiary/aromatic N) is 5. The van der Waals surface area contributed by atoms with Crippen LogP contribution in [0.4, 0.5) is 0 Å². The maximum absolute atomic E-state index is 4.57. The highest BCUT2D eigenvalue weighted by atomic mass is 15.3. The number of imidazole rings is 1.